The van der Waals surface area contributed by atoms with Crippen LogP contribution in [0.2, 0.25) is 0 Å². The predicted molar refractivity (Wildman–Crippen MR) is 107 cm³/mol. The molecule has 0 spiro atoms. The number of tetrazole rings is 1. The molecule has 1 N–H and O–H groups in total. The van der Waals surface area contributed by atoms with E-state index in [0.29, 0.717) is 11.7 Å². The van der Waals surface area contributed by atoms with Crippen LogP contribution in [0.4, 0.5) is 0 Å². The van der Waals surface area contributed by atoms with Gasteiger partial charge < -0.3 is 9.42 Å². The van der Waals surface area contributed by atoms with Gasteiger partial charge in [-0.05, 0) is 53.8 Å². The molecule has 8 nitrogen and oxygen atoms in total. The molecule has 1 aliphatic heterocycles. The van der Waals surface area contributed by atoms with Gasteiger partial charge in [0.15, 0.2) is 5.76 Å². The molecule has 29 heavy (non-hydrogen) atoms. The van der Waals surface area contributed by atoms with Gasteiger partial charge in [-0.15, -0.1) is 10.2 Å². The van der Waals surface area contributed by atoms with Crippen LogP contribution in [0.15, 0.2) is 47.0 Å². The monoisotopic (exact) mass is 388 g/mol. The molecule has 2 aromatic carbocycles. The molecule has 1 fully saturated rings. The number of rotatable bonds is 3. The van der Waals surface area contributed by atoms with Gasteiger partial charge in [0, 0.05) is 31.1 Å². The number of nitrogens with one attached hydrogen (secondary N) is 1. The Morgan fingerprint density at radius 1 is 1.14 bits per heavy atom. The molecule has 3 heterocycles. The van der Waals surface area contributed by atoms with Crippen molar-refractivity contribution in [3.63, 3.8) is 0 Å². The number of amides is 1. The minimum absolute atomic E-state index is 0.155. The molecule has 0 aliphatic carbocycles. The van der Waals surface area contributed by atoms with Crippen LogP contribution in [0.25, 0.3) is 33.6 Å². The number of aromatic nitrogens is 5. The Morgan fingerprint density at radius 2 is 2.00 bits per heavy atom. The summed E-state index contributed by atoms with van der Waals surface area (Å²) >= 11 is 0. The third-order valence-electron chi connectivity index (χ3n) is 5.64. The van der Waals surface area contributed by atoms with Crippen LogP contribution >= 0.6 is 0 Å². The lowest BCUT2D eigenvalue weighted by molar-refractivity contribution is -0.129. The van der Waals surface area contributed by atoms with E-state index in [1.165, 1.54) is 5.56 Å². The van der Waals surface area contributed by atoms with Crippen LogP contribution in [-0.2, 0) is 4.79 Å². The molecule has 0 atom stereocenters. The summed E-state index contributed by atoms with van der Waals surface area (Å²) in [6.07, 6.45) is 1.95. The van der Waals surface area contributed by atoms with Crippen LogP contribution in [0.5, 0.6) is 0 Å². The fourth-order valence-corrected chi connectivity index (χ4v) is 4.03. The maximum absolute atomic E-state index is 11.6. The van der Waals surface area contributed by atoms with Crippen molar-refractivity contribution in [1.29, 1.82) is 0 Å². The topological polar surface area (TPSA) is 101 Å². The quantitative estimate of drug-likeness (QED) is 0.577. The number of hydrogen-bond acceptors (Lipinski definition) is 6. The highest BCUT2D eigenvalue weighted by atomic mass is 16.5. The number of carbonyl (C=O) groups excluding carboxylic acids is 1. The minimum Gasteiger partial charge on any atom is -0.355 e. The first kappa shape index (κ1) is 17.5. The van der Waals surface area contributed by atoms with Crippen molar-refractivity contribution < 1.29 is 9.32 Å². The fourth-order valence-electron chi connectivity index (χ4n) is 4.03. The molecule has 1 saturated heterocycles. The predicted octanol–water partition coefficient (Wildman–Crippen LogP) is 3.40. The largest absolute Gasteiger partial charge is 0.355 e. The van der Waals surface area contributed by atoms with Gasteiger partial charge in [-0.3, -0.25) is 4.79 Å². The average Bonchev–Trinajstić information content (AvgIpc) is 3.43. The normalized spacial score (nSPS) is 15.1. The molecular weight excluding hydrogens is 368 g/mol. The Kier molecular flexibility index (Phi) is 4.31. The highest BCUT2D eigenvalue weighted by molar-refractivity contribution is 5.94. The minimum atomic E-state index is 0.155. The summed E-state index contributed by atoms with van der Waals surface area (Å²) in [6.45, 7) is 3.26. The summed E-state index contributed by atoms with van der Waals surface area (Å²) in [7, 11) is 0. The molecule has 0 unspecified atom stereocenters. The molecule has 1 aliphatic rings. The van der Waals surface area contributed by atoms with Gasteiger partial charge in [-0.1, -0.05) is 23.4 Å². The van der Waals surface area contributed by atoms with Crippen molar-refractivity contribution in [3.8, 4) is 22.7 Å². The van der Waals surface area contributed by atoms with Gasteiger partial charge in [0.2, 0.25) is 11.7 Å². The Labute approximate surface area is 166 Å². The zero-order chi connectivity index (χ0) is 19.8. The number of nitrogens with zero attached hydrogens (tertiary/aromatic N) is 5. The first-order valence-electron chi connectivity index (χ1n) is 9.68. The van der Waals surface area contributed by atoms with Crippen LogP contribution in [0, 0.1) is 0 Å². The van der Waals surface area contributed by atoms with Crippen LogP contribution in [-0.4, -0.2) is 49.7 Å². The zero-order valence-corrected chi connectivity index (χ0v) is 16.0. The first-order valence-corrected chi connectivity index (χ1v) is 9.68. The second kappa shape index (κ2) is 7.12. The second-order valence-corrected chi connectivity index (χ2v) is 7.38. The van der Waals surface area contributed by atoms with Crippen molar-refractivity contribution in [2.45, 2.75) is 25.7 Å². The molecular formula is C21H20N6O2. The van der Waals surface area contributed by atoms with E-state index in [0.717, 1.165) is 53.7 Å². The van der Waals surface area contributed by atoms with E-state index in [4.69, 9.17) is 4.52 Å². The Bertz CT molecular complexity index is 1160. The van der Waals surface area contributed by atoms with Gasteiger partial charge in [0.05, 0.1) is 5.39 Å². The van der Waals surface area contributed by atoms with Gasteiger partial charge in [0.1, 0.15) is 5.52 Å². The summed E-state index contributed by atoms with van der Waals surface area (Å²) in [4.78, 5) is 13.5. The Balaban J connectivity index is 1.47. The number of fused-ring (bicyclic) bond motifs is 1. The Morgan fingerprint density at radius 3 is 2.76 bits per heavy atom. The molecule has 4 aromatic rings. The van der Waals surface area contributed by atoms with Crippen molar-refractivity contribution in [1.82, 2.24) is 30.7 Å². The smallest absolute Gasteiger partial charge is 0.219 e. The third-order valence-corrected chi connectivity index (χ3v) is 5.64. The SMILES string of the molecule is CC(=O)N1CCC(c2cccc(-c3onc4ccc(-c5nn[nH]n5)cc34)c2)CC1. The van der Waals surface area contributed by atoms with E-state index in [-0.39, 0.29) is 5.91 Å². The number of carbonyl (C=O) groups is 1. The second-order valence-electron chi connectivity index (χ2n) is 7.38. The summed E-state index contributed by atoms with van der Waals surface area (Å²) in [5.74, 6) is 1.86. The standard InChI is InChI=1S/C21H20N6O2/c1-13(28)27-9-7-14(8-10-27)15-3-2-4-16(11-15)20-18-12-17(21-22-25-26-23-21)5-6-19(18)24-29-20/h2-6,11-12,14H,7-10H2,1H3,(H,22,23,25,26). The number of H-pyrrole nitrogens is 1. The zero-order valence-electron chi connectivity index (χ0n) is 16.0. The highest BCUT2D eigenvalue weighted by Crippen LogP contribution is 2.34. The van der Waals surface area contributed by atoms with Crippen LogP contribution < -0.4 is 0 Å². The van der Waals surface area contributed by atoms with E-state index >= 15 is 0 Å². The lowest BCUT2D eigenvalue weighted by atomic mass is 9.88. The number of piperidine rings is 1. The fraction of sp³-hybridized carbons (Fsp3) is 0.286. The summed E-state index contributed by atoms with van der Waals surface area (Å²) in [6, 6.07) is 14.2. The molecule has 1 amide bonds. The molecule has 0 bridgehead atoms. The van der Waals surface area contributed by atoms with E-state index in [2.05, 4.69) is 44.0 Å². The van der Waals surface area contributed by atoms with E-state index in [1.807, 2.05) is 29.2 Å². The van der Waals surface area contributed by atoms with E-state index in [1.54, 1.807) is 6.92 Å². The van der Waals surface area contributed by atoms with Gasteiger partial charge in [0.25, 0.3) is 0 Å². The maximum Gasteiger partial charge on any atom is 0.219 e. The molecule has 146 valence electrons. The Hall–Kier alpha value is -3.55. The average molecular weight is 388 g/mol. The summed E-state index contributed by atoms with van der Waals surface area (Å²) < 4.78 is 5.70. The van der Waals surface area contributed by atoms with E-state index in [9.17, 15) is 4.79 Å². The lowest BCUT2D eigenvalue weighted by Gasteiger charge is -2.31. The van der Waals surface area contributed by atoms with Crippen molar-refractivity contribution in [2.24, 2.45) is 0 Å². The molecule has 0 saturated carbocycles. The number of benzene rings is 2. The maximum atomic E-state index is 11.6. The molecule has 0 radical (unpaired) electrons. The van der Waals surface area contributed by atoms with Crippen LogP contribution in [0.3, 0.4) is 0 Å². The highest BCUT2D eigenvalue weighted by Gasteiger charge is 2.23. The number of aromatic amines is 1. The number of hydrogen-bond donors (Lipinski definition) is 1. The summed E-state index contributed by atoms with van der Waals surface area (Å²) in [5.41, 5.74) is 3.89. The van der Waals surface area contributed by atoms with E-state index < -0.39 is 0 Å². The van der Waals surface area contributed by atoms with Crippen molar-refractivity contribution >= 4 is 16.8 Å². The first-order chi connectivity index (χ1) is 14.2. The van der Waals surface area contributed by atoms with Gasteiger partial charge >= 0.3 is 0 Å². The lowest BCUT2D eigenvalue weighted by Crippen LogP contribution is -2.36. The third kappa shape index (κ3) is 3.26. The molecule has 5 rings (SSSR count). The van der Waals surface area contributed by atoms with Crippen molar-refractivity contribution in [2.75, 3.05) is 13.1 Å². The number of likely N-dealkylation sites (tertiary alicyclic amines) is 1. The molecule has 8 heteroatoms. The van der Waals surface area contributed by atoms with Crippen LogP contribution in [0.1, 0.15) is 31.2 Å². The summed E-state index contributed by atoms with van der Waals surface area (Å²) in [5, 5.41) is 19.3. The van der Waals surface area contributed by atoms with Gasteiger partial charge in [-0.25, -0.2) is 0 Å². The molecule has 2 aromatic heterocycles. The van der Waals surface area contributed by atoms with Gasteiger partial charge in [-0.2, -0.15) is 5.21 Å². The van der Waals surface area contributed by atoms with Crippen molar-refractivity contribution in [3.05, 3.63) is 48.0 Å².